The van der Waals surface area contributed by atoms with Crippen molar-refractivity contribution in [3.8, 4) is 5.75 Å². The summed E-state index contributed by atoms with van der Waals surface area (Å²) in [5, 5.41) is 12.2. The van der Waals surface area contributed by atoms with Crippen molar-refractivity contribution in [3.05, 3.63) is 80.7 Å². The molecule has 2 heterocycles. The van der Waals surface area contributed by atoms with Crippen LogP contribution in [-0.2, 0) is 11.3 Å². The van der Waals surface area contributed by atoms with Gasteiger partial charge in [-0.15, -0.1) is 0 Å². The lowest BCUT2D eigenvalue weighted by molar-refractivity contribution is 0.272. The topological polar surface area (TPSA) is 51.8 Å². The number of hydrogen-bond acceptors (Lipinski definition) is 4. The number of fused-ring (bicyclic) bond motifs is 1. The molecule has 2 aromatic carbocycles. The molecule has 1 aliphatic rings. The van der Waals surface area contributed by atoms with E-state index in [4.69, 9.17) is 37.1 Å². The number of rotatable bonds is 4. The molecule has 0 atom stereocenters. The summed E-state index contributed by atoms with van der Waals surface area (Å²) < 4.78 is 17.5. The minimum atomic E-state index is 0.255. The van der Waals surface area contributed by atoms with Crippen molar-refractivity contribution in [1.29, 1.82) is 0 Å². The fourth-order valence-electron chi connectivity index (χ4n) is 3.06. The molecular weight excluding hydrogens is 399 g/mol. The summed E-state index contributed by atoms with van der Waals surface area (Å²) in [7, 11) is 0. The monoisotopic (exact) mass is 416 g/mol. The van der Waals surface area contributed by atoms with Crippen LogP contribution in [0, 0.1) is 0 Å². The third-order valence-electron chi connectivity index (χ3n) is 4.65. The van der Waals surface area contributed by atoms with Gasteiger partial charge in [-0.1, -0.05) is 29.3 Å². The fourth-order valence-corrected chi connectivity index (χ4v) is 3.53. The van der Waals surface area contributed by atoms with Crippen LogP contribution in [0.5, 0.6) is 5.75 Å². The lowest BCUT2D eigenvalue weighted by atomic mass is 10.1. The summed E-state index contributed by atoms with van der Waals surface area (Å²) >= 11 is 12.1. The minimum absolute atomic E-state index is 0.255. The van der Waals surface area contributed by atoms with Crippen molar-refractivity contribution < 1.29 is 19.0 Å². The molecule has 0 radical (unpaired) electrons. The quantitative estimate of drug-likeness (QED) is 0.501. The van der Waals surface area contributed by atoms with Crippen LogP contribution >= 0.6 is 23.2 Å². The molecule has 0 saturated heterocycles. The average molecular weight is 417 g/mol. The zero-order chi connectivity index (χ0) is 19.8. The van der Waals surface area contributed by atoms with Crippen molar-refractivity contribution in [1.82, 2.24) is 0 Å². The van der Waals surface area contributed by atoms with Crippen molar-refractivity contribution in [2.45, 2.75) is 20.5 Å². The molecule has 6 heteroatoms. The summed E-state index contributed by atoms with van der Waals surface area (Å²) in [6, 6.07) is 12.8. The molecule has 0 amide bonds. The van der Waals surface area contributed by atoms with E-state index in [1.807, 2.05) is 44.2 Å². The van der Waals surface area contributed by atoms with Gasteiger partial charge in [0.25, 0.3) is 0 Å². The van der Waals surface area contributed by atoms with Gasteiger partial charge < -0.3 is 19.0 Å². The summed E-state index contributed by atoms with van der Waals surface area (Å²) in [5.41, 5.74) is 3.03. The van der Waals surface area contributed by atoms with Crippen molar-refractivity contribution in [2.24, 2.45) is 0 Å². The van der Waals surface area contributed by atoms with Gasteiger partial charge in [-0.25, -0.2) is 0 Å². The molecule has 4 rings (SSSR count). The van der Waals surface area contributed by atoms with E-state index in [-0.39, 0.29) is 5.76 Å². The molecule has 28 heavy (non-hydrogen) atoms. The first-order valence-corrected chi connectivity index (χ1v) is 9.51. The fraction of sp³-hybridized carbons (Fsp3) is 0.182. The Hall–Kier alpha value is -2.56. The maximum Gasteiger partial charge on any atom is 0.170 e. The molecule has 0 fully saturated rings. The lowest BCUT2D eigenvalue weighted by Gasteiger charge is -2.18. The first-order valence-electron chi connectivity index (χ1n) is 8.76. The van der Waals surface area contributed by atoms with Gasteiger partial charge in [0.05, 0.1) is 0 Å². The van der Waals surface area contributed by atoms with Crippen LogP contribution in [-0.4, -0.2) is 11.7 Å². The summed E-state index contributed by atoms with van der Waals surface area (Å²) in [4.78, 5) is 0. The second kappa shape index (κ2) is 7.46. The van der Waals surface area contributed by atoms with Crippen molar-refractivity contribution in [3.63, 3.8) is 0 Å². The summed E-state index contributed by atoms with van der Waals surface area (Å²) in [6.07, 6.45) is 0. The molecule has 4 nitrogen and oxygen atoms in total. The molecule has 0 aliphatic carbocycles. The Kier molecular flexibility index (Phi) is 5.00. The highest BCUT2D eigenvalue weighted by Crippen LogP contribution is 2.34. The van der Waals surface area contributed by atoms with Crippen LogP contribution in [0.1, 0.15) is 25.2 Å². The minimum Gasteiger partial charge on any atom is -0.507 e. The largest absolute Gasteiger partial charge is 0.507 e. The Bertz CT molecular complexity index is 1120. The van der Waals surface area contributed by atoms with E-state index in [0.29, 0.717) is 51.7 Å². The predicted octanol–water partition coefficient (Wildman–Crippen LogP) is 6.91. The SMILES string of the molecule is CC1=C(O)C(C)=C(c2cc3cc(OCc4ccc(Cl)cc4Cl)ccc3o2)OC1. The van der Waals surface area contributed by atoms with Crippen LogP contribution in [0.15, 0.2) is 63.8 Å². The zero-order valence-electron chi connectivity index (χ0n) is 15.4. The summed E-state index contributed by atoms with van der Waals surface area (Å²) in [6.45, 7) is 4.32. The number of furan rings is 1. The van der Waals surface area contributed by atoms with Crippen LogP contribution in [0.2, 0.25) is 10.0 Å². The normalized spacial score (nSPS) is 14.6. The van der Waals surface area contributed by atoms with Gasteiger partial charge in [0, 0.05) is 32.1 Å². The van der Waals surface area contributed by atoms with Gasteiger partial charge in [-0.05, 0) is 50.2 Å². The summed E-state index contributed by atoms with van der Waals surface area (Å²) in [5.74, 6) is 2.07. The Morgan fingerprint density at radius 1 is 1.07 bits per heavy atom. The maximum atomic E-state index is 10.2. The molecule has 1 N–H and O–H groups in total. The van der Waals surface area contributed by atoms with E-state index in [0.717, 1.165) is 16.5 Å². The molecule has 1 aromatic heterocycles. The molecular formula is C22H18Cl2O4. The van der Waals surface area contributed by atoms with Crippen LogP contribution in [0.3, 0.4) is 0 Å². The molecule has 1 aliphatic heterocycles. The number of aliphatic hydroxyl groups is 1. The van der Waals surface area contributed by atoms with Gasteiger partial charge in [-0.3, -0.25) is 0 Å². The second-order valence-corrected chi connectivity index (χ2v) is 7.55. The standard InChI is InChI=1S/C22H18Cl2O4/c1-12-10-27-22(13(2)21(12)25)20-8-15-7-17(5-6-19(15)28-20)26-11-14-3-4-16(23)9-18(14)24/h3-9,25H,10-11H2,1-2H3. The number of ether oxygens (including phenoxy) is 2. The van der Waals surface area contributed by atoms with Crippen LogP contribution in [0.25, 0.3) is 16.7 Å². The molecule has 144 valence electrons. The maximum absolute atomic E-state index is 10.2. The molecule has 3 aromatic rings. The Morgan fingerprint density at radius 2 is 1.89 bits per heavy atom. The van der Waals surface area contributed by atoms with Gasteiger partial charge >= 0.3 is 0 Å². The average Bonchev–Trinajstić information content (AvgIpc) is 3.08. The Labute approximate surface area is 172 Å². The zero-order valence-corrected chi connectivity index (χ0v) is 16.9. The smallest absolute Gasteiger partial charge is 0.170 e. The van der Waals surface area contributed by atoms with Gasteiger partial charge in [-0.2, -0.15) is 0 Å². The molecule has 0 spiro atoms. The number of allylic oxidation sites excluding steroid dienone is 1. The lowest BCUT2D eigenvalue weighted by Crippen LogP contribution is -2.08. The molecule has 0 bridgehead atoms. The van der Waals surface area contributed by atoms with Crippen molar-refractivity contribution in [2.75, 3.05) is 6.61 Å². The Morgan fingerprint density at radius 3 is 2.68 bits per heavy atom. The van der Waals surface area contributed by atoms with Crippen LogP contribution < -0.4 is 4.74 Å². The van der Waals surface area contributed by atoms with E-state index in [9.17, 15) is 5.11 Å². The van der Waals surface area contributed by atoms with Crippen molar-refractivity contribution >= 4 is 39.9 Å². The van der Waals surface area contributed by atoms with Gasteiger partial charge in [0.15, 0.2) is 11.5 Å². The predicted molar refractivity (Wildman–Crippen MR) is 111 cm³/mol. The van der Waals surface area contributed by atoms with Gasteiger partial charge in [0.1, 0.15) is 30.3 Å². The highest BCUT2D eigenvalue weighted by molar-refractivity contribution is 6.35. The van der Waals surface area contributed by atoms with E-state index in [2.05, 4.69) is 0 Å². The highest BCUT2D eigenvalue weighted by Gasteiger charge is 2.21. The Balaban J connectivity index is 1.59. The van der Waals surface area contributed by atoms with Gasteiger partial charge in [0.2, 0.25) is 0 Å². The highest BCUT2D eigenvalue weighted by atomic mass is 35.5. The van der Waals surface area contributed by atoms with E-state index in [1.165, 1.54) is 0 Å². The van der Waals surface area contributed by atoms with E-state index < -0.39 is 0 Å². The first-order chi connectivity index (χ1) is 13.4. The van der Waals surface area contributed by atoms with Crippen LogP contribution in [0.4, 0.5) is 0 Å². The number of halogens is 2. The molecule has 0 unspecified atom stereocenters. The second-order valence-electron chi connectivity index (χ2n) is 6.71. The van der Waals surface area contributed by atoms with E-state index >= 15 is 0 Å². The molecule has 0 saturated carbocycles. The first kappa shape index (κ1) is 18.8. The number of aliphatic hydroxyl groups excluding tert-OH is 1. The number of benzene rings is 2. The third kappa shape index (κ3) is 3.58. The van der Waals surface area contributed by atoms with E-state index in [1.54, 1.807) is 12.1 Å². The number of hydrogen-bond donors (Lipinski definition) is 1. The third-order valence-corrected chi connectivity index (χ3v) is 5.24.